The van der Waals surface area contributed by atoms with Crippen LogP contribution in [0.4, 0.5) is 5.82 Å². The van der Waals surface area contributed by atoms with E-state index in [-0.39, 0.29) is 0 Å². The summed E-state index contributed by atoms with van der Waals surface area (Å²) < 4.78 is 1.70. The fourth-order valence-electron chi connectivity index (χ4n) is 2.29. The highest BCUT2D eigenvalue weighted by Gasteiger charge is 2.21. The van der Waals surface area contributed by atoms with Crippen molar-refractivity contribution in [3.05, 3.63) is 45.8 Å². The van der Waals surface area contributed by atoms with Crippen LogP contribution in [0.5, 0.6) is 0 Å². The van der Waals surface area contributed by atoms with Crippen molar-refractivity contribution < 1.29 is 0 Å². The number of thiophene rings is 1. The van der Waals surface area contributed by atoms with Gasteiger partial charge in [0.2, 0.25) is 0 Å². The molecule has 2 aromatic heterocycles. The van der Waals surface area contributed by atoms with Gasteiger partial charge in [-0.1, -0.05) is 41.4 Å². The number of nitrogens with zero attached hydrogens (tertiary/aromatic N) is 2. The number of anilines is 1. The molecule has 2 N–H and O–H groups in total. The van der Waals surface area contributed by atoms with Gasteiger partial charge in [0.1, 0.15) is 11.5 Å². The molecule has 3 aromatic rings. The van der Waals surface area contributed by atoms with Gasteiger partial charge in [-0.05, 0) is 30.4 Å². The topological polar surface area (TPSA) is 43.8 Å². The van der Waals surface area contributed by atoms with Crippen LogP contribution in [0.1, 0.15) is 11.1 Å². The SMILES string of the molecule is Cc1ccc(-c2c(-c3scc(C)c3Cl)nn(C)c2N)cc1. The van der Waals surface area contributed by atoms with Gasteiger partial charge in [-0.2, -0.15) is 5.10 Å². The minimum atomic E-state index is 0.649. The van der Waals surface area contributed by atoms with Crippen molar-refractivity contribution in [3.8, 4) is 21.7 Å². The van der Waals surface area contributed by atoms with Gasteiger partial charge in [0.15, 0.2) is 0 Å². The molecule has 0 aliphatic carbocycles. The maximum atomic E-state index is 6.41. The number of aromatic nitrogens is 2. The van der Waals surface area contributed by atoms with Crippen LogP contribution < -0.4 is 5.73 Å². The molecule has 0 unspecified atom stereocenters. The Kier molecular flexibility index (Phi) is 3.51. The zero-order chi connectivity index (χ0) is 15.1. The first kappa shape index (κ1) is 14.2. The lowest BCUT2D eigenvalue weighted by Gasteiger charge is -2.04. The summed E-state index contributed by atoms with van der Waals surface area (Å²) in [6, 6.07) is 8.29. The van der Waals surface area contributed by atoms with E-state index in [9.17, 15) is 0 Å². The third-order valence-corrected chi connectivity index (χ3v) is 5.25. The minimum absolute atomic E-state index is 0.649. The maximum absolute atomic E-state index is 6.41. The third-order valence-electron chi connectivity index (χ3n) is 3.55. The van der Waals surface area contributed by atoms with E-state index < -0.39 is 0 Å². The molecule has 0 spiro atoms. The predicted octanol–water partition coefficient (Wildman–Crippen LogP) is 4.67. The lowest BCUT2D eigenvalue weighted by molar-refractivity contribution is 0.783. The van der Waals surface area contributed by atoms with E-state index in [4.69, 9.17) is 17.3 Å². The van der Waals surface area contributed by atoms with Gasteiger partial charge in [-0.25, -0.2) is 0 Å². The third kappa shape index (κ3) is 2.34. The lowest BCUT2D eigenvalue weighted by atomic mass is 10.0. The Labute approximate surface area is 133 Å². The van der Waals surface area contributed by atoms with Crippen molar-refractivity contribution in [1.82, 2.24) is 9.78 Å². The molecule has 0 saturated heterocycles. The van der Waals surface area contributed by atoms with Crippen molar-refractivity contribution in [1.29, 1.82) is 0 Å². The number of benzene rings is 1. The number of aryl methyl sites for hydroxylation is 3. The van der Waals surface area contributed by atoms with E-state index in [0.717, 1.165) is 32.3 Å². The maximum Gasteiger partial charge on any atom is 0.129 e. The molecule has 2 heterocycles. The molecule has 0 radical (unpaired) electrons. The summed E-state index contributed by atoms with van der Waals surface area (Å²) >= 11 is 8.01. The molecule has 0 atom stereocenters. The van der Waals surface area contributed by atoms with Crippen LogP contribution in [0.3, 0.4) is 0 Å². The van der Waals surface area contributed by atoms with Crippen LogP contribution in [0.2, 0.25) is 5.02 Å². The Hall–Kier alpha value is -1.78. The summed E-state index contributed by atoms with van der Waals surface area (Å²) in [6.45, 7) is 4.07. The number of nitrogen functional groups attached to an aromatic ring is 1. The van der Waals surface area contributed by atoms with Crippen LogP contribution in [0, 0.1) is 13.8 Å². The number of hydrogen-bond donors (Lipinski definition) is 1. The Bertz CT molecular complexity index is 800. The second kappa shape index (κ2) is 5.20. The van der Waals surface area contributed by atoms with E-state index in [1.54, 1.807) is 16.0 Å². The molecule has 21 heavy (non-hydrogen) atoms. The van der Waals surface area contributed by atoms with Crippen LogP contribution in [-0.4, -0.2) is 9.78 Å². The smallest absolute Gasteiger partial charge is 0.129 e. The molecule has 3 rings (SSSR count). The Morgan fingerprint density at radius 1 is 1.19 bits per heavy atom. The summed E-state index contributed by atoms with van der Waals surface area (Å²) in [4.78, 5) is 0.969. The number of hydrogen-bond acceptors (Lipinski definition) is 3. The van der Waals surface area contributed by atoms with Gasteiger partial charge in [0.25, 0.3) is 0 Å². The number of halogens is 1. The first-order chi connectivity index (χ1) is 9.99. The standard InChI is InChI=1S/C16H16ClN3S/c1-9-4-6-11(7-5-9)12-14(19-20(3)16(12)18)15-13(17)10(2)8-21-15/h4-8H,18H2,1-3H3. The zero-order valence-electron chi connectivity index (χ0n) is 12.1. The normalized spacial score (nSPS) is 11.0. The molecule has 0 fully saturated rings. The molecule has 3 nitrogen and oxygen atoms in total. The second-order valence-corrected chi connectivity index (χ2v) is 6.42. The second-order valence-electron chi connectivity index (χ2n) is 5.16. The lowest BCUT2D eigenvalue weighted by Crippen LogP contribution is -1.97. The molecule has 0 aliphatic heterocycles. The monoisotopic (exact) mass is 317 g/mol. The number of nitrogens with two attached hydrogens (primary N) is 1. The molecular formula is C16H16ClN3S. The van der Waals surface area contributed by atoms with E-state index in [0.29, 0.717) is 5.82 Å². The van der Waals surface area contributed by atoms with Gasteiger partial charge < -0.3 is 5.73 Å². The van der Waals surface area contributed by atoms with Crippen molar-refractivity contribution in [2.75, 3.05) is 5.73 Å². The summed E-state index contributed by atoms with van der Waals surface area (Å²) in [5, 5.41) is 7.37. The highest BCUT2D eigenvalue weighted by atomic mass is 35.5. The van der Waals surface area contributed by atoms with Crippen molar-refractivity contribution in [2.45, 2.75) is 13.8 Å². The van der Waals surface area contributed by atoms with E-state index in [1.165, 1.54) is 5.56 Å². The fourth-order valence-corrected chi connectivity index (χ4v) is 3.56. The first-order valence-corrected chi connectivity index (χ1v) is 7.88. The van der Waals surface area contributed by atoms with Gasteiger partial charge in [0, 0.05) is 7.05 Å². The van der Waals surface area contributed by atoms with Crippen LogP contribution in [0.25, 0.3) is 21.7 Å². The molecule has 0 amide bonds. The predicted molar refractivity (Wildman–Crippen MR) is 90.9 cm³/mol. The average Bonchev–Trinajstić information content (AvgIpc) is 2.93. The molecule has 5 heteroatoms. The Balaban J connectivity index is 2.25. The van der Waals surface area contributed by atoms with Crippen LogP contribution in [0.15, 0.2) is 29.6 Å². The van der Waals surface area contributed by atoms with Gasteiger partial charge in [0.05, 0.1) is 15.5 Å². The Morgan fingerprint density at radius 2 is 1.86 bits per heavy atom. The van der Waals surface area contributed by atoms with Crippen molar-refractivity contribution in [3.63, 3.8) is 0 Å². The summed E-state index contributed by atoms with van der Waals surface area (Å²) in [6.07, 6.45) is 0. The number of rotatable bonds is 2. The van der Waals surface area contributed by atoms with Gasteiger partial charge in [-0.3, -0.25) is 4.68 Å². The largest absolute Gasteiger partial charge is 0.383 e. The molecule has 0 aliphatic rings. The highest BCUT2D eigenvalue weighted by molar-refractivity contribution is 7.14. The van der Waals surface area contributed by atoms with E-state index in [1.807, 2.05) is 19.4 Å². The molecule has 108 valence electrons. The highest BCUT2D eigenvalue weighted by Crippen LogP contribution is 2.42. The van der Waals surface area contributed by atoms with Gasteiger partial charge in [-0.15, -0.1) is 11.3 Å². The van der Waals surface area contributed by atoms with E-state index in [2.05, 4.69) is 36.3 Å². The average molecular weight is 318 g/mol. The quantitative estimate of drug-likeness (QED) is 0.746. The zero-order valence-corrected chi connectivity index (χ0v) is 13.7. The summed E-state index contributed by atoms with van der Waals surface area (Å²) in [5.74, 6) is 0.649. The van der Waals surface area contributed by atoms with E-state index >= 15 is 0 Å². The van der Waals surface area contributed by atoms with Crippen LogP contribution in [-0.2, 0) is 7.05 Å². The Morgan fingerprint density at radius 3 is 2.43 bits per heavy atom. The van der Waals surface area contributed by atoms with Crippen LogP contribution >= 0.6 is 22.9 Å². The molecule has 1 aromatic carbocycles. The molecule has 0 bridgehead atoms. The molecule has 0 saturated carbocycles. The minimum Gasteiger partial charge on any atom is -0.383 e. The summed E-state index contributed by atoms with van der Waals surface area (Å²) in [7, 11) is 1.85. The summed E-state index contributed by atoms with van der Waals surface area (Å²) in [5.41, 5.74) is 11.4. The fraction of sp³-hybridized carbons (Fsp3) is 0.188. The first-order valence-electron chi connectivity index (χ1n) is 6.62. The molecular weight excluding hydrogens is 302 g/mol. The van der Waals surface area contributed by atoms with Crippen molar-refractivity contribution in [2.24, 2.45) is 7.05 Å². The van der Waals surface area contributed by atoms with Gasteiger partial charge >= 0.3 is 0 Å². The van der Waals surface area contributed by atoms with Crippen molar-refractivity contribution >= 4 is 28.8 Å².